The second-order valence-corrected chi connectivity index (χ2v) is 17.8. The Bertz CT molecular complexity index is 1460. The molecular formula is C49H73NS3. The van der Waals surface area contributed by atoms with Crippen LogP contribution in [0.3, 0.4) is 0 Å². The molecule has 0 amide bonds. The maximum absolute atomic E-state index is 5.87. The number of nitrogens with zero attached hydrogens (tertiary/aromatic N) is 1. The zero-order valence-corrected chi connectivity index (χ0v) is 37.1. The molecule has 0 unspecified atom stereocenters. The van der Waals surface area contributed by atoms with Crippen molar-refractivity contribution in [2.24, 2.45) is 4.99 Å². The zero-order valence-electron chi connectivity index (χ0n) is 34.7. The number of hydrogen-bond donors (Lipinski definition) is 0. The summed E-state index contributed by atoms with van der Waals surface area (Å²) in [6.45, 7) is 27.0. The van der Waals surface area contributed by atoms with Gasteiger partial charge in [-0.05, 0) is 128 Å². The lowest BCUT2D eigenvalue weighted by atomic mass is 9.86. The first-order valence-corrected chi connectivity index (χ1v) is 21.3. The van der Waals surface area contributed by atoms with Crippen molar-refractivity contribution in [1.29, 1.82) is 0 Å². The monoisotopic (exact) mass is 771 g/mol. The van der Waals surface area contributed by atoms with Crippen LogP contribution in [0, 0.1) is 0 Å². The van der Waals surface area contributed by atoms with Crippen molar-refractivity contribution < 1.29 is 0 Å². The first-order valence-electron chi connectivity index (χ1n) is 20.1. The summed E-state index contributed by atoms with van der Waals surface area (Å²) in [7, 11) is 0. The summed E-state index contributed by atoms with van der Waals surface area (Å²) >= 11 is 16.4. The van der Waals surface area contributed by atoms with Crippen LogP contribution in [0.25, 0.3) is 0 Å². The fourth-order valence-electron chi connectivity index (χ4n) is 7.25. The van der Waals surface area contributed by atoms with Gasteiger partial charge in [0.25, 0.3) is 0 Å². The van der Waals surface area contributed by atoms with E-state index in [4.69, 9.17) is 36.7 Å². The maximum Gasteiger partial charge on any atom is 0.0808 e. The third-order valence-electron chi connectivity index (χ3n) is 10.1. The standard InChI is InChI=1S/C35H52S2.C13H17NS.CH4/c1-24(2)30-18-14-19-31(25(3)4)34(30)22-28(36)16-12-10-9-11-13-17-29(37)23-35-32(26(5)6)20-15-21-33(35)27(7)8;1-9(2)11-6-5-7-12(10(3)4)13(11)14-8-15;/h14-15,18-21,24-27H,9-13,16-17,22-23H2,1-8H3;5-7,9-10H,1-4H3;1H4. The number of benzene rings is 3. The van der Waals surface area contributed by atoms with E-state index in [0.717, 1.165) is 31.4 Å². The summed E-state index contributed by atoms with van der Waals surface area (Å²) in [4.78, 5) is 6.66. The van der Waals surface area contributed by atoms with Crippen molar-refractivity contribution in [2.75, 3.05) is 0 Å². The van der Waals surface area contributed by atoms with Gasteiger partial charge in [0.05, 0.1) is 10.8 Å². The van der Waals surface area contributed by atoms with E-state index in [0.29, 0.717) is 35.5 Å². The minimum absolute atomic E-state index is 0. The van der Waals surface area contributed by atoms with E-state index in [9.17, 15) is 0 Å². The summed E-state index contributed by atoms with van der Waals surface area (Å²) in [5, 5.41) is 2.48. The van der Waals surface area contributed by atoms with Gasteiger partial charge in [-0.1, -0.05) is 189 Å². The lowest BCUT2D eigenvalue weighted by molar-refractivity contribution is 0.632. The molecule has 4 heteroatoms. The molecule has 0 fully saturated rings. The fraction of sp³-hybridized carbons (Fsp3) is 0.571. The number of para-hydroxylation sites is 1. The molecule has 0 aliphatic heterocycles. The first-order chi connectivity index (χ1) is 24.6. The molecule has 3 aromatic rings. The highest BCUT2D eigenvalue weighted by Gasteiger charge is 2.17. The fourth-order valence-corrected chi connectivity index (χ4v) is 7.92. The normalized spacial score (nSPS) is 11.2. The van der Waals surface area contributed by atoms with Crippen molar-refractivity contribution in [3.63, 3.8) is 0 Å². The predicted molar refractivity (Wildman–Crippen MR) is 250 cm³/mol. The Morgan fingerprint density at radius 1 is 0.472 bits per heavy atom. The van der Waals surface area contributed by atoms with E-state index < -0.39 is 0 Å². The van der Waals surface area contributed by atoms with Gasteiger partial charge in [-0.15, -0.1) is 0 Å². The van der Waals surface area contributed by atoms with Crippen molar-refractivity contribution in [3.05, 3.63) is 99.1 Å². The SMILES string of the molecule is C.CC(C)c1cccc(C(C)C)c1CC(=S)CCCCCCCC(=S)Cc1c(C(C)C)cccc1C(C)C.CC(C)c1cccc(C(C)C)c1N=C=S. The second-order valence-electron chi connectivity index (χ2n) is 16.4. The van der Waals surface area contributed by atoms with Crippen LogP contribution in [0.2, 0.25) is 0 Å². The average molecular weight is 772 g/mol. The van der Waals surface area contributed by atoms with Gasteiger partial charge in [-0.2, -0.15) is 4.99 Å². The number of unbranched alkanes of at least 4 members (excludes halogenated alkanes) is 4. The van der Waals surface area contributed by atoms with Gasteiger partial charge in [0.15, 0.2) is 0 Å². The van der Waals surface area contributed by atoms with E-state index in [1.54, 1.807) is 0 Å². The highest BCUT2D eigenvalue weighted by atomic mass is 32.1. The molecule has 0 radical (unpaired) electrons. The minimum Gasteiger partial charge on any atom is -0.194 e. The topological polar surface area (TPSA) is 12.4 Å². The molecule has 0 aliphatic rings. The molecule has 0 atom stereocenters. The molecule has 0 bridgehead atoms. The number of thiocarbonyl (C=S) groups is 3. The summed E-state index contributed by atoms with van der Waals surface area (Å²) in [5.74, 6) is 3.09. The summed E-state index contributed by atoms with van der Waals surface area (Å²) in [5.41, 5.74) is 12.4. The highest BCUT2D eigenvalue weighted by Crippen LogP contribution is 2.34. The van der Waals surface area contributed by atoms with Gasteiger partial charge in [0.2, 0.25) is 0 Å². The Kier molecular flexibility index (Phi) is 22.9. The molecule has 0 saturated heterocycles. The van der Waals surface area contributed by atoms with E-state index in [1.165, 1.54) is 86.3 Å². The van der Waals surface area contributed by atoms with Crippen LogP contribution in [0.5, 0.6) is 0 Å². The Morgan fingerprint density at radius 2 is 0.736 bits per heavy atom. The molecule has 53 heavy (non-hydrogen) atoms. The average Bonchev–Trinajstić information content (AvgIpc) is 3.07. The third kappa shape index (κ3) is 15.7. The van der Waals surface area contributed by atoms with Gasteiger partial charge >= 0.3 is 0 Å². The van der Waals surface area contributed by atoms with Crippen LogP contribution in [0.1, 0.15) is 215 Å². The van der Waals surface area contributed by atoms with E-state index in [2.05, 4.69) is 148 Å². The number of rotatable bonds is 19. The van der Waals surface area contributed by atoms with Gasteiger partial charge in [-0.25, -0.2) is 0 Å². The van der Waals surface area contributed by atoms with E-state index in [-0.39, 0.29) is 7.43 Å². The highest BCUT2D eigenvalue weighted by molar-refractivity contribution is 7.80. The Morgan fingerprint density at radius 3 is 1.00 bits per heavy atom. The number of isothiocyanates is 1. The van der Waals surface area contributed by atoms with E-state index in [1.807, 2.05) is 0 Å². The van der Waals surface area contributed by atoms with Crippen LogP contribution < -0.4 is 0 Å². The molecule has 0 saturated carbocycles. The molecule has 1 nitrogen and oxygen atoms in total. The number of hydrogen-bond acceptors (Lipinski definition) is 4. The molecular weight excluding hydrogens is 699 g/mol. The molecule has 0 spiro atoms. The van der Waals surface area contributed by atoms with Crippen molar-refractivity contribution in [3.8, 4) is 0 Å². The minimum atomic E-state index is 0. The smallest absolute Gasteiger partial charge is 0.0808 e. The third-order valence-corrected chi connectivity index (χ3v) is 10.9. The number of aliphatic imine (C=N–C) groups is 1. The Labute approximate surface area is 343 Å². The van der Waals surface area contributed by atoms with Crippen LogP contribution >= 0.6 is 36.7 Å². The van der Waals surface area contributed by atoms with Gasteiger partial charge in [0.1, 0.15) is 0 Å². The summed E-state index contributed by atoms with van der Waals surface area (Å²) in [6, 6.07) is 19.9. The maximum atomic E-state index is 5.87. The lowest BCUT2D eigenvalue weighted by Gasteiger charge is -2.20. The molecule has 3 aromatic carbocycles. The second kappa shape index (κ2) is 24.9. The van der Waals surface area contributed by atoms with Gasteiger partial charge in [0, 0.05) is 12.8 Å². The summed E-state index contributed by atoms with van der Waals surface area (Å²) < 4.78 is 0. The predicted octanol–water partition coefficient (Wildman–Crippen LogP) is 16.7. The largest absolute Gasteiger partial charge is 0.194 e. The molecule has 292 valence electrons. The van der Waals surface area contributed by atoms with Crippen molar-refractivity contribution in [2.45, 2.75) is 184 Å². The molecule has 3 rings (SSSR count). The van der Waals surface area contributed by atoms with Gasteiger partial charge in [-0.3, -0.25) is 0 Å². The van der Waals surface area contributed by atoms with Crippen LogP contribution in [0.4, 0.5) is 5.69 Å². The van der Waals surface area contributed by atoms with Crippen LogP contribution in [0.15, 0.2) is 59.6 Å². The van der Waals surface area contributed by atoms with E-state index >= 15 is 0 Å². The molecule has 0 N–H and O–H groups in total. The Hall–Kier alpha value is -2.36. The molecule has 0 aliphatic carbocycles. The lowest BCUT2D eigenvalue weighted by Crippen LogP contribution is -2.09. The first kappa shape index (κ1) is 48.7. The van der Waals surface area contributed by atoms with Gasteiger partial charge < -0.3 is 0 Å². The van der Waals surface area contributed by atoms with Crippen molar-refractivity contribution in [1.82, 2.24) is 0 Å². The molecule has 0 heterocycles. The van der Waals surface area contributed by atoms with Crippen LogP contribution in [-0.4, -0.2) is 14.9 Å². The zero-order chi connectivity index (χ0) is 39.0. The quantitative estimate of drug-likeness (QED) is 0.0684. The van der Waals surface area contributed by atoms with Crippen molar-refractivity contribution >= 4 is 57.2 Å². The van der Waals surface area contributed by atoms with Crippen LogP contribution in [-0.2, 0) is 12.8 Å². The molecule has 0 aromatic heterocycles. The summed E-state index contributed by atoms with van der Waals surface area (Å²) in [6.07, 6.45) is 10.3. The Balaban J connectivity index is 0.000000734.